The van der Waals surface area contributed by atoms with Crippen LogP contribution in [0.15, 0.2) is 48.2 Å². The standard InChI is InChI=1S/C20H19ClO3/c1-12-4-5-14(13-6-8-15(21)9-7-13)10-16(12)18-17(22)11-24-20(2,3)19(18)23/h4-10,23H,11H2,1-3H3. The number of aliphatic hydroxyl groups excluding tert-OH is 1. The van der Waals surface area contributed by atoms with Gasteiger partial charge in [-0.05, 0) is 61.2 Å². The van der Waals surface area contributed by atoms with E-state index in [0.717, 1.165) is 22.3 Å². The van der Waals surface area contributed by atoms with Crippen molar-refractivity contribution in [1.29, 1.82) is 0 Å². The molecule has 0 saturated heterocycles. The lowest BCUT2D eigenvalue weighted by Crippen LogP contribution is -2.36. The molecule has 0 aromatic heterocycles. The Hall–Kier alpha value is -2.10. The largest absolute Gasteiger partial charge is 0.508 e. The second-order valence-electron chi connectivity index (χ2n) is 6.48. The molecule has 3 nitrogen and oxygen atoms in total. The number of halogens is 1. The topological polar surface area (TPSA) is 46.5 Å². The van der Waals surface area contributed by atoms with Gasteiger partial charge in [0, 0.05) is 5.02 Å². The lowest BCUT2D eigenvalue weighted by atomic mass is 9.87. The fraction of sp³-hybridized carbons (Fsp3) is 0.250. The van der Waals surface area contributed by atoms with Crippen molar-refractivity contribution in [3.63, 3.8) is 0 Å². The lowest BCUT2D eigenvalue weighted by Gasteiger charge is -2.31. The maximum absolute atomic E-state index is 12.4. The number of rotatable bonds is 2. The molecule has 0 unspecified atom stereocenters. The van der Waals surface area contributed by atoms with Crippen molar-refractivity contribution in [3.8, 4) is 11.1 Å². The summed E-state index contributed by atoms with van der Waals surface area (Å²) in [5.74, 6) is -0.224. The van der Waals surface area contributed by atoms with Crippen LogP contribution in [-0.2, 0) is 9.53 Å². The molecule has 0 radical (unpaired) electrons. The Morgan fingerprint density at radius 2 is 1.71 bits per heavy atom. The zero-order valence-electron chi connectivity index (χ0n) is 13.9. The van der Waals surface area contributed by atoms with Gasteiger partial charge in [0.1, 0.15) is 18.0 Å². The molecule has 2 aromatic carbocycles. The van der Waals surface area contributed by atoms with E-state index >= 15 is 0 Å². The molecule has 0 aliphatic carbocycles. The van der Waals surface area contributed by atoms with Crippen LogP contribution in [0.3, 0.4) is 0 Å². The van der Waals surface area contributed by atoms with Gasteiger partial charge in [0.15, 0.2) is 5.78 Å². The first-order chi connectivity index (χ1) is 11.3. The first-order valence-corrected chi connectivity index (χ1v) is 8.15. The van der Waals surface area contributed by atoms with Gasteiger partial charge < -0.3 is 9.84 Å². The Balaban J connectivity index is 2.16. The monoisotopic (exact) mass is 342 g/mol. The number of ether oxygens (including phenoxy) is 1. The zero-order chi connectivity index (χ0) is 17.5. The number of hydrogen-bond donors (Lipinski definition) is 1. The summed E-state index contributed by atoms with van der Waals surface area (Å²) < 4.78 is 5.44. The minimum Gasteiger partial charge on any atom is -0.508 e. The van der Waals surface area contributed by atoms with E-state index in [-0.39, 0.29) is 18.1 Å². The number of carbonyl (C=O) groups excluding carboxylic acids is 1. The highest BCUT2D eigenvalue weighted by Gasteiger charge is 2.36. The van der Waals surface area contributed by atoms with Crippen LogP contribution in [0.25, 0.3) is 16.7 Å². The van der Waals surface area contributed by atoms with Gasteiger partial charge in [-0.25, -0.2) is 0 Å². The second-order valence-corrected chi connectivity index (χ2v) is 6.92. The zero-order valence-corrected chi connectivity index (χ0v) is 14.6. The smallest absolute Gasteiger partial charge is 0.192 e. The molecule has 0 fully saturated rings. The predicted molar refractivity (Wildman–Crippen MR) is 96.2 cm³/mol. The molecule has 1 heterocycles. The summed E-state index contributed by atoms with van der Waals surface area (Å²) in [6.07, 6.45) is 0. The maximum atomic E-state index is 12.4. The first-order valence-electron chi connectivity index (χ1n) is 7.77. The molecule has 0 saturated carbocycles. The van der Waals surface area contributed by atoms with E-state index in [0.29, 0.717) is 10.6 Å². The van der Waals surface area contributed by atoms with Crippen LogP contribution >= 0.6 is 11.6 Å². The van der Waals surface area contributed by atoms with Gasteiger partial charge in [-0.2, -0.15) is 0 Å². The summed E-state index contributed by atoms with van der Waals surface area (Å²) in [5.41, 5.74) is 3.11. The molecule has 4 heteroatoms. The van der Waals surface area contributed by atoms with Gasteiger partial charge in [0.2, 0.25) is 0 Å². The molecule has 2 aromatic rings. The highest BCUT2D eigenvalue weighted by atomic mass is 35.5. The van der Waals surface area contributed by atoms with Crippen molar-refractivity contribution in [2.45, 2.75) is 26.4 Å². The average molecular weight is 343 g/mol. The van der Waals surface area contributed by atoms with Gasteiger partial charge in [0.25, 0.3) is 0 Å². The van der Waals surface area contributed by atoms with Crippen LogP contribution in [-0.4, -0.2) is 23.1 Å². The van der Waals surface area contributed by atoms with Gasteiger partial charge >= 0.3 is 0 Å². The van der Waals surface area contributed by atoms with E-state index in [1.807, 2.05) is 49.4 Å². The highest BCUT2D eigenvalue weighted by molar-refractivity contribution is 6.30. The van der Waals surface area contributed by atoms with Crippen molar-refractivity contribution in [2.75, 3.05) is 6.61 Å². The second kappa shape index (κ2) is 6.08. The number of aryl methyl sites for hydroxylation is 1. The molecule has 124 valence electrons. The van der Waals surface area contributed by atoms with E-state index in [4.69, 9.17) is 16.3 Å². The molecule has 3 rings (SSSR count). The fourth-order valence-electron chi connectivity index (χ4n) is 2.81. The van der Waals surface area contributed by atoms with Crippen LogP contribution in [0, 0.1) is 6.92 Å². The molecule has 0 bridgehead atoms. The third kappa shape index (κ3) is 2.97. The van der Waals surface area contributed by atoms with Crippen molar-refractivity contribution >= 4 is 23.0 Å². The van der Waals surface area contributed by atoms with E-state index in [1.165, 1.54) is 0 Å². The number of carbonyl (C=O) groups is 1. The number of aliphatic hydroxyl groups is 1. The SMILES string of the molecule is Cc1ccc(-c2ccc(Cl)cc2)cc1C1=C(O)C(C)(C)OCC1=O. The molecular formula is C20H19ClO3. The third-order valence-corrected chi connectivity index (χ3v) is 4.59. The fourth-order valence-corrected chi connectivity index (χ4v) is 2.94. The normalized spacial score (nSPS) is 17.2. The molecule has 1 aliphatic heterocycles. The summed E-state index contributed by atoms with van der Waals surface area (Å²) in [5, 5.41) is 11.2. The van der Waals surface area contributed by atoms with Crippen molar-refractivity contribution in [3.05, 3.63) is 64.4 Å². The molecule has 0 amide bonds. The average Bonchev–Trinajstić information content (AvgIpc) is 2.54. The molecule has 0 atom stereocenters. The van der Waals surface area contributed by atoms with Crippen molar-refractivity contribution in [2.24, 2.45) is 0 Å². The molecule has 1 N–H and O–H groups in total. The highest BCUT2D eigenvalue weighted by Crippen LogP contribution is 2.35. The molecule has 1 aliphatic rings. The predicted octanol–water partition coefficient (Wildman–Crippen LogP) is 4.96. The number of ketones is 1. The molecular weight excluding hydrogens is 324 g/mol. The van der Waals surface area contributed by atoms with E-state index < -0.39 is 5.60 Å². The van der Waals surface area contributed by atoms with Crippen LogP contribution in [0.1, 0.15) is 25.0 Å². The number of benzene rings is 2. The van der Waals surface area contributed by atoms with Crippen molar-refractivity contribution in [1.82, 2.24) is 0 Å². The van der Waals surface area contributed by atoms with Gasteiger partial charge in [-0.3, -0.25) is 4.79 Å². The van der Waals surface area contributed by atoms with Crippen LogP contribution in [0.4, 0.5) is 0 Å². The third-order valence-electron chi connectivity index (χ3n) is 4.33. The van der Waals surface area contributed by atoms with Gasteiger partial charge in [0.05, 0.1) is 5.57 Å². The van der Waals surface area contributed by atoms with Gasteiger partial charge in [-0.15, -0.1) is 0 Å². The van der Waals surface area contributed by atoms with Gasteiger partial charge in [-0.1, -0.05) is 35.9 Å². The summed E-state index contributed by atoms with van der Waals surface area (Å²) in [6, 6.07) is 13.4. The summed E-state index contributed by atoms with van der Waals surface area (Å²) >= 11 is 5.95. The van der Waals surface area contributed by atoms with E-state index in [9.17, 15) is 9.90 Å². The quantitative estimate of drug-likeness (QED) is 0.838. The summed E-state index contributed by atoms with van der Waals surface area (Å²) in [7, 11) is 0. The van der Waals surface area contributed by atoms with Crippen LogP contribution in [0.5, 0.6) is 0 Å². The van der Waals surface area contributed by atoms with Crippen molar-refractivity contribution < 1.29 is 14.6 Å². The molecule has 24 heavy (non-hydrogen) atoms. The minimum absolute atomic E-state index is 0.0184. The minimum atomic E-state index is -0.869. The van der Waals surface area contributed by atoms with Crippen LogP contribution < -0.4 is 0 Å². The van der Waals surface area contributed by atoms with Crippen LogP contribution in [0.2, 0.25) is 5.02 Å². The maximum Gasteiger partial charge on any atom is 0.192 e. The van der Waals surface area contributed by atoms with E-state index in [1.54, 1.807) is 13.8 Å². The summed E-state index contributed by atoms with van der Waals surface area (Å²) in [4.78, 5) is 12.4. The molecule has 0 spiro atoms. The Kier molecular flexibility index (Phi) is 4.24. The number of Topliss-reactive ketones (excluding diaryl/α,β-unsaturated/α-hetero) is 1. The Morgan fingerprint density at radius 3 is 2.38 bits per heavy atom. The Morgan fingerprint density at radius 1 is 1.08 bits per heavy atom. The lowest BCUT2D eigenvalue weighted by molar-refractivity contribution is -0.126. The number of hydrogen-bond acceptors (Lipinski definition) is 3. The van der Waals surface area contributed by atoms with E-state index in [2.05, 4.69) is 0 Å². The Labute approximate surface area is 146 Å². The Bertz CT molecular complexity index is 832. The first kappa shape index (κ1) is 16.7. The summed E-state index contributed by atoms with van der Waals surface area (Å²) in [6.45, 7) is 5.41.